The first kappa shape index (κ1) is 14.7. The number of carbonyl (C=O) groups is 1. The Morgan fingerprint density at radius 1 is 1.18 bits per heavy atom. The Bertz CT molecular complexity index is 625. The van der Waals surface area contributed by atoms with Crippen LogP contribution in [-0.2, 0) is 11.3 Å². The Labute approximate surface area is 132 Å². The van der Waals surface area contributed by atoms with Crippen molar-refractivity contribution in [2.75, 3.05) is 31.1 Å². The van der Waals surface area contributed by atoms with Crippen molar-refractivity contribution in [3.8, 4) is 0 Å². The molecule has 3 rings (SSSR count). The second-order valence-electron chi connectivity index (χ2n) is 4.98. The van der Waals surface area contributed by atoms with Crippen molar-refractivity contribution in [3.63, 3.8) is 0 Å². The fourth-order valence-electron chi connectivity index (χ4n) is 2.40. The summed E-state index contributed by atoms with van der Waals surface area (Å²) < 4.78 is 1.66. The lowest BCUT2D eigenvalue weighted by Crippen LogP contribution is -2.49. The number of aromatic nitrogens is 5. The van der Waals surface area contributed by atoms with Crippen LogP contribution in [0.15, 0.2) is 25.0 Å². The third-order valence-corrected chi connectivity index (χ3v) is 3.80. The number of rotatable bonds is 4. The summed E-state index contributed by atoms with van der Waals surface area (Å²) in [6.45, 7) is 3.39. The smallest absolute Gasteiger partial charge is 0.224 e. The summed E-state index contributed by atoms with van der Waals surface area (Å²) in [7, 11) is 0. The number of hydrogen-bond donors (Lipinski definition) is 0. The molecule has 0 N–H and O–H groups in total. The molecule has 1 saturated heterocycles. The largest absolute Gasteiger partial charge is 0.353 e. The Hall–Kier alpha value is -2.22. The Morgan fingerprint density at radius 3 is 2.68 bits per heavy atom. The number of nitrogens with zero attached hydrogens (tertiary/aromatic N) is 7. The van der Waals surface area contributed by atoms with Crippen molar-refractivity contribution in [1.29, 1.82) is 0 Å². The SMILES string of the molecule is O=C(CCn1cncn1)N1CCN(c2cc(Cl)ncn2)CC1. The number of piperazine rings is 1. The van der Waals surface area contributed by atoms with E-state index >= 15 is 0 Å². The maximum Gasteiger partial charge on any atom is 0.224 e. The lowest BCUT2D eigenvalue weighted by molar-refractivity contribution is -0.131. The van der Waals surface area contributed by atoms with Gasteiger partial charge in [0.1, 0.15) is 30.0 Å². The fraction of sp³-hybridized carbons (Fsp3) is 0.462. The van der Waals surface area contributed by atoms with E-state index in [0.29, 0.717) is 31.2 Å². The fourth-order valence-corrected chi connectivity index (χ4v) is 2.54. The normalized spacial score (nSPS) is 15.1. The summed E-state index contributed by atoms with van der Waals surface area (Å²) in [6, 6.07) is 1.74. The zero-order valence-corrected chi connectivity index (χ0v) is 12.7. The van der Waals surface area contributed by atoms with Gasteiger partial charge in [-0.3, -0.25) is 9.48 Å². The summed E-state index contributed by atoms with van der Waals surface area (Å²) in [4.78, 5) is 28.1. The van der Waals surface area contributed by atoms with Gasteiger partial charge in [0.15, 0.2) is 0 Å². The van der Waals surface area contributed by atoms with Crippen molar-refractivity contribution in [2.24, 2.45) is 0 Å². The lowest BCUT2D eigenvalue weighted by Gasteiger charge is -2.35. The van der Waals surface area contributed by atoms with Crippen LogP contribution in [0, 0.1) is 0 Å². The molecule has 9 heteroatoms. The van der Waals surface area contributed by atoms with Crippen molar-refractivity contribution < 1.29 is 4.79 Å². The van der Waals surface area contributed by atoms with E-state index in [1.54, 1.807) is 17.1 Å². The molecule has 1 amide bonds. The highest BCUT2D eigenvalue weighted by atomic mass is 35.5. The van der Waals surface area contributed by atoms with Gasteiger partial charge in [0.2, 0.25) is 5.91 Å². The average molecular weight is 322 g/mol. The van der Waals surface area contributed by atoms with Crippen LogP contribution in [0.2, 0.25) is 5.15 Å². The molecule has 0 radical (unpaired) electrons. The van der Waals surface area contributed by atoms with Gasteiger partial charge in [0, 0.05) is 38.7 Å². The minimum absolute atomic E-state index is 0.135. The minimum atomic E-state index is 0.135. The quantitative estimate of drug-likeness (QED) is 0.761. The van der Waals surface area contributed by atoms with Gasteiger partial charge in [0.25, 0.3) is 0 Å². The first-order valence-electron chi connectivity index (χ1n) is 7.05. The van der Waals surface area contributed by atoms with E-state index in [0.717, 1.165) is 18.9 Å². The number of hydrogen-bond acceptors (Lipinski definition) is 6. The van der Waals surface area contributed by atoms with Crippen LogP contribution in [-0.4, -0.2) is 61.7 Å². The molecule has 0 aliphatic carbocycles. The van der Waals surface area contributed by atoms with Gasteiger partial charge in [-0.25, -0.2) is 15.0 Å². The Morgan fingerprint density at radius 2 is 2.00 bits per heavy atom. The molecule has 1 fully saturated rings. The summed E-state index contributed by atoms with van der Waals surface area (Å²) in [5.74, 6) is 0.936. The molecule has 22 heavy (non-hydrogen) atoms. The number of amides is 1. The number of anilines is 1. The number of aryl methyl sites for hydroxylation is 1. The first-order valence-corrected chi connectivity index (χ1v) is 7.43. The van der Waals surface area contributed by atoms with Crippen LogP contribution < -0.4 is 4.90 Å². The highest BCUT2D eigenvalue weighted by Gasteiger charge is 2.21. The van der Waals surface area contributed by atoms with E-state index in [2.05, 4.69) is 25.0 Å². The molecule has 0 aromatic carbocycles. The molecule has 3 heterocycles. The molecule has 0 saturated carbocycles. The highest BCUT2D eigenvalue weighted by Crippen LogP contribution is 2.16. The molecule has 2 aromatic rings. The third-order valence-electron chi connectivity index (χ3n) is 3.60. The summed E-state index contributed by atoms with van der Waals surface area (Å²) in [5.41, 5.74) is 0. The van der Waals surface area contributed by atoms with Crippen LogP contribution in [0.5, 0.6) is 0 Å². The molecule has 116 valence electrons. The topological polar surface area (TPSA) is 80.0 Å². The average Bonchev–Trinajstić information content (AvgIpc) is 3.06. The van der Waals surface area contributed by atoms with E-state index in [9.17, 15) is 4.79 Å². The predicted octanol–water partition coefficient (Wildman–Crippen LogP) is 0.460. The first-order chi connectivity index (χ1) is 10.7. The zero-order chi connectivity index (χ0) is 15.4. The highest BCUT2D eigenvalue weighted by molar-refractivity contribution is 6.29. The van der Waals surface area contributed by atoms with Crippen molar-refractivity contribution in [1.82, 2.24) is 29.6 Å². The molecule has 0 unspecified atom stereocenters. The molecule has 0 atom stereocenters. The second kappa shape index (κ2) is 6.69. The molecular formula is C13H16ClN7O. The zero-order valence-electron chi connectivity index (χ0n) is 12.0. The van der Waals surface area contributed by atoms with Crippen LogP contribution in [0.4, 0.5) is 5.82 Å². The van der Waals surface area contributed by atoms with Crippen molar-refractivity contribution in [3.05, 3.63) is 30.2 Å². The molecule has 8 nitrogen and oxygen atoms in total. The van der Waals surface area contributed by atoms with Crippen LogP contribution in [0.25, 0.3) is 0 Å². The van der Waals surface area contributed by atoms with Crippen molar-refractivity contribution in [2.45, 2.75) is 13.0 Å². The second-order valence-corrected chi connectivity index (χ2v) is 5.36. The van der Waals surface area contributed by atoms with Gasteiger partial charge >= 0.3 is 0 Å². The van der Waals surface area contributed by atoms with Crippen LogP contribution in [0.1, 0.15) is 6.42 Å². The van der Waals surface area contributed by atoms with Gasteiger partial charge in [-0.15, -0.1) is 0 Å². The van der Waals surface area contributed by atoms with Crippen LogP contribution >= 0.6 is 11.6 Å². The van der Waals surface area contributed by atoms with E-state index in [1.165, 1.54) is 12.7 Å². The van der Waals surface area contributed by atoms with E-state index in [4.69, 9.17) is 11.6 Å². The summed E-state index contributed by atoms with van der Waals surface area (Å²) in [6.07, 6.45) is 4.97. The summed E-state index contributed by atoms with van der Waals surface area (Å²) in [5, 5.41) is 4.42. The maximum atomic E-state index is 12.2. The molecule has 0 spiro atoms. The maximum absolute atomic E-state index is 12.2. The van der Waals surface area contributed by atoms with E-state index in [-0.39, 0.29) is 5.91 Å². The minimum Gasteiger partial charge on any atom is -0.353 e. The van der Waals surface area contributed by atoms with Gasteiger partial charge in [-0.1, -0.05) is 11.6 Å². The van der Waals surface area contributed by atoms with Crippen LogP contribution in [0.3, 0.4) is 0 Å². The monoisotopic (exact) mass is 321 g/mol. The third kappa shape index (κ3) is 3.51. The number of halogens is 1. The molecule has 0 bridgehead atoms. The van der Waals surface area contributed by atoms with E-state index < -0.39 is 0 Å². The Balaban J connectivity index is 1.49. The van der Waals surface area contributed by atoms with E-state index in [1.807, 2.05) is 4.90 Å². The summed E-state index contributed by atoms with van der Waals surface area (Å²) >= 11 is 5.88. The van der Waals surface area contributed by atoms with Crippen molar-refractivity contribution >= 4 is 23.3 Å². The molecular weight excluding hydrogens is 306 g/mol. The predicted molar refractivity (Wildman–Crippen MR) is 80.5 cm³/mol. The van der Waals surface area contributed by atoms with Gasteiger partial charge < -0.3 is 9.80 Å². The molecule has 1 aliphatic heterocycles. The van der Waals surface area contributed by atoms with Gasteiger partial charge in [-0.05, 0) is 0 Å². The molecule has 2 aromatic heterocycles. The Kier molecular flexibility index (Phi) is 4.47. The number of carbonyl (C=O) groups excluding carboxylic acids is 1. The molecule has 1 aliphatic rings. The van der Waals surface area contributed by atoms with Gasteiger partial charge in [-0.2, -0.15) is 5.10 Å². The van der Waals surface area contributed by atoms with Gasteiger partial charge in [0.05, 0.1) is 6.54 Å². The lowest BCUT2D eigenvalue weighted by atomic mass is 10.2. The standard InChI is InChI=1S/C13H16ClN7O/c14-11-7-12(17-9-16-11)19-3-5-20(6-4-19)13(22)1-2-21-10-15-8-18-21/h7-10H,1-6H2.